The van der Waals surface area contributed by atoms with Crippen molar-refractivity contribution in [2.24, 2.45) is 0 Å². The summed E-state index contributed by atoms with van der Waals surface area (Å²) in [4.78, 5) is 2.44. The highest BCUT2D eigenvalue weighted by Gasteiger charge is 2.34. The van der Waals surface area contributed by atoms with Crippen LogP contribution >= 0.6 is 0 Å². The monoisotopic (exact) mass is 309 g/mol. The molecule has 2 fully saturated rings. The van der Waals surface area contributed by atoms with E-state index in [2.05, 4.69) is 4.90 Å². The molecule has 6 heteroatoms. The Hall–Kier alpha value is -1.11. The van der Waals surface area contributed by atoms with E-state index >= 15 is 0 Å². The first-order chi connectivity index (χ1) is 10.0. The summed E-state index contributed by atoms with van der Waals surface area (Å²) in [7, 11) is -3.25. The molecule has 21 heavy (non-hydrogen) atoms. The Morgan fingerprint density at radius 3 is 2.86 bits per heavy atom. The van der Waals surface area contributed by atoms with Gasteiger partial charge >= 0.3 is 0 Å². The molecule has 1 atom stereocenters. The number of piperazine rings is 1. The van der Waals surface area contributed by atoms with Gasteiger partial charge in [0.25, 0.3) is 0 Å². The normalized spacial score (nSPS) is 24.7. The van der Waals surface area contributed by atoms with Gasteiger partial charge in [0.15, 0.2) is 0 Å². The molecule has 2 aliphatic rings. The topological polar surface area (TPSA) is 66.6 Å². The third-order valence-electron chi connectivity index (χ3n) is 4.49. The third kappa shape index (κ3) is 3.39. The summed E-state index contributed by atoms with van der Waals surface area (Å²) in [5.41, 5.74) is 7.10. The van der Waals surface area contributed by atoms with Gasteiger partial charge in [-0.15, -0.1) is 0 Å². The average molecular weight is 309 g/mol. The Balaban J connectivity index is 1.70. The molecule has 1 aromatic carbocycles. The molecular weight excluding hydrogens is 286 g/mol. The first kappa shape index (κ1) is 14.8. The number of hydrogen-bond acceptors (Lipinski definition) is 4. The van der Waals surface area contributed by atoms with Gasteiger partial charge in [-0.1, -0.05) is 18.6 Å². The van der Waals surface area contributed by atoms with Crippen LogP contribution in [0, 0.1) is 0 Å². The summed E-state index contributed by atoms with van der Waals surface area (Å²) in [6.45, 7) is 3.24. The summed E-state index contributed by atoms with van der Waals surface area (Å²) in [5, 5.41) is 0. The van der Waals surface area contributed by atoms with Crippen LogP contribution in [0.3, 0.4) is 0 Å². The van der Waals surface area contributed by atoms with E-state index in [-0.39, 0.29) is 5.75 Å². The van der Waals surface area contributed by atoms with E-state index in [1.165, 1.54) is 12.8 Å². The zero-order valence-corrected chi connectivity index (χ0v) is 13.1. The Bertz CT molecular complexity index is 603. The van der Waals surface area contributed by atoms with Gasteiger partial charge < -0.3 is 5.73 Å². The first-order valence-corrected chi connectivity index (χ1v) is 9.22. The Morgan fingerprint density at radius 2 is 2.05 bits per heavy atom. The van der Waals surface area contributed by atoms with Gasteiger partial charge in [-0.25, -0.2) is 8.42 Å². The molecule has 5 nitrogen and oxygen atoms in total. The highest BCUT2D eigenvalue weighted by atomic mass is 32.2. The van der Waals surface area contributed by atoms with Crippen LogP contribution in [0.5, 0.6) is 0 Å². The number of nitrogens with two attached hydrogens (primary N) is 1. The molecule has 2 heterocycles. The fourth-order valence-electron chi connectivity index (χ4n) is 3.36. The second-order valence-electron chi connectivity index (χ2n) is 6.04. The van der Waals surface area contributed by atoms with Crippen LogP contribution < -0.4 is 5.73 Å². The lowest BCUT2D eigenvalue weighted by molar-refractivity contribution is 0.0851. The predicted octanol–water partition coefficient (Wildman–Crippen LogP) is 1.27. The summed E-state index contributed by atoms with van der Waals surface area (Å²) in [6, 6.07) is 7.55. The molecule has 0 aliphatic carbocycles. The van der Waals surface area contributed by atoms with E-state index in [0.717, 1.165) is 25.1 Å². The van der Waals surface area contributed by atoms with Crippen LogP contribution in [-0.4, -0.2) is 49.8 Å². The number of piperidine rings is 1. The standard InChI is InChI=1S/C15H23N3O2S/c16-14-5-3-4-13(10-14)12-21(19,20)18-9-8-17-7-2-1-6-15(17)11-18/h3-5,10,15H,1-2,6-9,11-12,16H2. The lowest BCUT2D eigenvalue weighted by Crippen LogP contribution is -2.56. The van der Waals surface area contributed by atoms with Crippen LogP contribution in [0.1, 0.15) is 24.8 Å². The third-order valence-corrected chi connectivity index (χ3v) is 6.31. The molecule has 1 unspecified atom stereocenters. The number of sulfonamides is 1. The summed E-state index contributed by atoms with van der Waals surface area (Å²) in [5.74, 6) is 0.0464. The fraction of sp³-hybridized carbons (Fsp3) is 0.600. The zero-order valence-electron chi connectivity index (χ0n) is 12.2. The SMILES string of the molecule is Nc1cccc(CS(=O)(=O)N2CCN3CCCCC3C2)c1. The minimum Gasteiger partial charge on any atom is -0.399 e. The zero-order chi connectivity index (χ0) is 14.9. The maximum atomic E-state index is 12.6. The fourth-order valence-corrected chi connectivity index (χ4v) is 4.91. The van der Waals surface area contributed by atoms with Crippen molar-refractivity contribution in [1.29, 1.82) is 0 Å². The van der Waals surface area contributed by atoms with Crippen LogP contribution in [-0.2, 0) is 15.8 Å². The number of benzene rings is 1. The number of fused-ring (bicyclic) bond motifs is 1. The van der Waals surface area contributed by atoms with E-state index in [9.17, 15) is 8.42 Å². The molecule has 3 rings (SSSR count). The molecule has 0 bridgehead atoms. The van der Waals surface area contributed by atoms with Crippen LogP contribution in [0.2, 0.25) is 0 Å². The Morgan fingerprint density at radius 1 is 1.19 bits per heavy atom. The van der Waals surface area contributed by atoms with Crippen molar-refractivity contribution in [3.8, 4) is 0 Å². The molecule has 2 saturated heterocycles. The first-order valence-electron chi connectivity index (χ1n) is 7.61. The maximum Gasteiger partial charge on any atom is 0.218 e. The lowest BCUT2D eigenvalue weighted by atomic mass is 10.0. The molecule has 116 valence electrons. The van der Waals surface area contributed by atoms with Gasteiger partial charge in [-0.3, -0.25) is 4.90 Å². The number of nitrogens with zero attached hydrogens (tertiary/aromatic N) is 2. The minimum atomic E-state index is -3.25. The quantitative estimate of drug-likeness (QED) is 0.854. The van der Waals surface area contributed by atoms with Crippen LogP contribution in [0.4, 0.5) is 5.69 Å². The lowest BCUT2D eigenvalue weighted by Gasteiger charge is -2.43. The molecule has 1 aromatic rings. The molecular formula is C15H23N3O2S. The molecule has 0 amide bonds. The molecule has 0 aromatic heterocycles. The van der Waals surface area contributed by atoms with Gasteiger partial charge in [0.05, 0.1) is 5.75 Å². The van der Waals surface area contributed by atoms with Gasteiger partial charge in [-0.2, -0.15) is 4.31 Å². The van der Waals surface area contributed by atoms with Crippen molar-refractivity contribution in [3.05, 3.63) is 29.8 Å². The second kappa shape index (κ2) is 5.94. The number of nitrogen functional groups attached to an aromatic ring is 1. The van der Waals surface area contributed by atoms with E-state index in [1.54, 1.807) is 22.5 Å². The maximum absolute atomic E-state index is 12.6. The highest BCUT2D eigenvalue weighted by molar-refractivity contribution is 7.88. The second-order valence-corrected chi connectivity index (χ2v) is 8.01. The van der Waals surface area contributed by atoms with E-state index in [1.807, 2.05) is 6.07 Å². The van der Waals surface area contributed by atoms with Crippen molar-refractivity contribution in [2.45, 2.75) is 31.1 Å². The van der Waals surface area contributed by atoms with Gasteiger partial charge in [0.1, 0.15) is 0 Å². The van der Waals surface area contributed by atoms with Crippen LogP contribution in [0.25, 0.3) is 0 Å². The molecule has 2 N–H and O–H groups in total. The van der Waals surface area contributed by atoms with Crippen molar-refractivity contribution in [2.75, 3.05) is 31.9 Å². The van der Waals surface area contributed by atoms with Gasteiger partial charge in [0, 0.05) is 31.4 Å². The summed E-state index contributed by atoms with van der Waals surface area (Å²) in [6.07, 6.45) is 3.57. The van der Waals surface area contributed by atoms with E-state index in [0.29, 0.717) is 24.8 Å². The molecule has 0 spiro atoms. The van der Waals surface area contributed by atoms with Crippen molar-refractivity contribution >= 4 is 15.7 Å². The molecule has 2 aliphatic heterocycles. The van der Waals surface area contributed by atoms with E-state index < -0.39 is 10.0 Å². The van der Waals surface area contributed by atoms with Gasteiger partial charge in [-0.05, 0) is 37.1 Å². The van der Waals surface area contributed by atoms with Crippen LogP contribution in [0.15, 0.2) is 24.3 Å². The molecule has 0 radical (unpaired) electrons. The van der Waals surface area contributed by atoms with Crippen molar-refractivity contribution < 1.29 is 8.42 Å². The van der Waals surface area contributed by atoms with Crippen molar-refractivity contribution in [1.82, 2.24) is 9.21 Å². The summed E-state index contributed by atoms with van der Waals surface area (Å²) < 4.78 is 26.9. The Kier molecular flexibility index (Phi) is 4.19. The average Bonchev–Trinajstić information content (AvgIpc) is 2.46. The number of rotatable bonds is 3. The Labute approximate surface area is 126 Å². The highest BCUT2D eigenvalue weighted by Crippen LogP contribution is 2.24. The van der Waals surface area contributed by atoms with E-state index in [4.69, 9.17) is 5.73 Å². The smallest absolute Gasteiger partial charge is 0.218 e. The predicted molar refractivity (Wildman–Crippen MR) is 84.3 cm³/mol. The number of anilines is 1. The largest absolute Gasteiger partial charge is 0.399 e. The van der Waals surface area contributed by atoms with Crippen molar-refractivity contribution in [3.63, 3.8) is 0 Å². The summed E-state index contributed by atoms with van der Waals surface area (Å²) >= 11 is 0. The van der Waals surface area contributed by atoms with Gasteiger partial charge in [0.2, 0.25) is 10.0 Å². The molecule has 0 saturated carbocycles. The minimum absolute atomic E-state index is 0.0464. The number of hydrogen-bond donors (Lipinski definition) is 1.